The first-order chi connectivity index (χ1) is 15.3. The third-order valence-corrected chi connectivity index (χ3v) is 5.36. The van der Waals surface area contributed by atoms with Gasteiger partial charge in [-0.15, -0.1) is 0 Å². The van der Waals surface area contributed by atoms with E-state index < -0.39 is 17.6 Å². The van der Waals surface area contributed by atoms with E-state index in [0.29, 0.717) is 29.3 Å². The molecule has 3 aromatic rings. The van der Waals surface area contributed by atoms with E-state index in [1.54, 1.807) is 36.4 Å². The number of hydrogen-bond donors (Lipinski definition) is 1. The molecule has 2 N–H and O–H groups in total. The highest BCUT2D eigenvalue weighted by molar-refractivity contribution is 5.91. The van der Waals surface area contributed by atoms with E-state index in [1.165, 1.54) is 18.2 Å². The number of ether oxygens (including phenoxy) is 1. The molecular weight excluding hydrogens is 419 g/mol. The van der Waals surface area contributed by atoms with Crippen molar-refractivity contribution in [3.8, 4) is 22.8 Å². The molecule has 1 aliphatic heterocycles. The van der Waals surface area contributed by atoms with Crippen LogP contribution in [0.15, 0.2) is 60.7 Å². The van der Waals surface area contributed by atoms with Gasteiger partial charge in [0.25, 0.3) is 5.91 Å². The van der Waals surface area contributed by atoms with Gasteiger partial charge in [0.1, 0.15) is 17.2 Å². The minimum atomic E-state index is -4.41. The fourth-order valence-corrected chi connectivity index (χ4v) is 3.71. The van der Waals surface area contributed by atoms with Crippen LogP contribution in [0.5, 0.6) is 11.5 Å². The van der Waals surface area contributed by atoms with E-state index in [-0.39, 0.29) is 5.69 Å². The molecule has 166 valence electrons. The molecule has 2 aromatic carbocycles. The lowest BCUT2D eigenvalue weighted by Crippen LogP contribution is -2.19. The summed E-state index contributed by atoms with van der Waals surface area (Å²) in [5, 5.41) is 0. The number of carbonyl (C=O) groups excluding carboxylic acids is 1. The van der Waals surface area contributed by atoms with Crippen LogP contribution in [0.25, 0.3) is 11.3 Å². The van der Waals surface area contributed by atoms with Crippen molar-refractivity contribution in [2.45, 2.75) is 25.6 Å². The molecule has 0 atom stereocenters. The fraction of sp³-hybridized carbons (Fsp3) is 0.250. The Kier molecular flexibility index (Phi) is 6.14. The highest BCUT2D eigenvalue weighted by Crippen LogP contribution is 2.35. The second kappa shape index (κ2) is 9.00. The SMILES string of the molecule is NC(=O)c1cccc(-c2ccc(Oc3ccc(C(F)(F)F)cc3CN3CCCC3)cc2)n1. The first-order valence-electron chi connectivity index (χ1n) is 10.3. The Labute approximate surface area is 183 Å². The van der Waals surface area contributed by atoms with Crippen LogP contribution in [0.4, 0.5) is 13.2 Å². The Bertz CT molecular complexity index is 1110. The van der Waals surface area contributed by atoms with Gasteiger partial charge in [-0.05, 0) is 80.5 Å². The van der Waals surface area contributed by atoms with Crippen LogP contribution in [0.2, 0.25) is 0 Å². The van der Waals surface area contributed by atoms with E-state index in [9.17, 15) is 18.0 Å². The van der Waals surface area contributed by atoms with Crippen LogP contribution in [0.3, 0.4) is 0 Å². The van der Waals surface area contributed by atoms with Crippen LogP contribution in [-0.2, 0) is 12.7 Å². The summed E-state index contributed by atoms with van der Waals surface area (Å²) >= 11 is 0. The third-order valence-electron chi connectivity index (χ3n) is 5.36. The molecule has 0 spiro atoms. The van der Waals surface area contributed by atoms with Crippen molar-refractivity contribution >= 4 is 5.91 Å². The summed E-state index contributed by atoms with van der Waals surface area (Å²) in [7, 11) is 0. The van der Waals surface area contributed by atoms with Crippen molar-refractivity contribution in [1.82, 2.24) is 9.88 Å². The van der Waals surface area contributed by atoms with Crippen molar-refractivity contribution in [1.29, 1.82) is 0 Å². The molecule has 1 aliphatic rings. The number of amides is 1. The molecule has 0 bridgehead atoms. The number of carbonyl (C=O) groups is 1. The molecule has 1 amide bonds. The van der Waals surface area contributed by atoms with Gasteiger partial charge < -0.3 is 10.5 Å². The van der Waals surface area contributed by atoms with Crippen LogP contribution >= 0.6 is 0 Å². The van der Waals surface area contributed by atoms with E-state index in [1.807, 2.05) is 0 Å². The van der Waals surface area contributed by atoms with Crippen molar-refractivity contribution in [3.63, 3.8) is 0 Å². The molecule has 0 unspecified atom stereocenters. The lowest BCUT2D eigenvalue weighted by Gasteiger charge is -2.19. The number of halogens is 3. The predicted octanol–water partition coefficient (Wildman–Crippen LogP) is 5.25. The molecule has 32 heavy (non-hydrogen) atoms. The molecule has 5 nitrogen and oxygen atoms in total. The number of nitrogens with two attached hydrogens (primary N) is 1. The Hall–Kier alpha value is -3.39. The van der Waals surface area contributed by atoms with Crippen molar-refractivity contribution in [2.24, 2.45) is 5.73 Å². The molecule has 0 radical (unpaired) electrons. The summed E-state index contributed by atoms with van der Waals surface area (Å²) in [5.41, 5.74) is 6.60. The maximum atomic E-state index is 13.2. The van der Waals surface area contributed by atoms with E-state index in [0.717, 1.165) is 37.6 Å². The zero-order chi connectivity index (χ0) is 22.7. The molecular formula is C24H22F3N3O2. The summed E-state index contributed by atoms with van der Waals surface area (Å²) in [6.07, 6.45) is -2.32. The Balaban J connectivity index is 1.57. The van der Waals surface area contributed by atoms with Gasteiger partial charge in [0.15, 0.2) is 0 Å². The van der Waals surface area contributed by atoms with Crippen LogP contribution in [-0.4, -0.2) is 28.9 Å². The Morgan fingerprint density at radius 3 is 2.41 bits per heavy atom. The number of rotatable bonds is 6. The van der Waals surface area contributed by atoms with Crippen LogP contribution < -0.4 is 10.5 Å². The number of hydrogen-bond acceptors (Lipinski definition) is 4. The number of primary amides is 1. The maximum Gasteiger partial charge on any atom is 0.416 e. The minimum Gasteiger partial charge on any atom is -0.457 e. The predicted molar refractivity (Wildman–Crippen MR) is 114 cm³/mol. The number of benzene rings is 2. The Morgan fingerprint density at radius 1 is 1.03 bits per heavy atom. The maximum absolute atomic E-state index is 13.2. The molecule has 0 saturated carbocycles. The zero-order valence-electron chi connectivity index (χ0n) is 17.2. The van der Waals surface area contributed by atoms with Crippen molar-refractivity contribution in [3.05, 3.63) is 77.5 Å². The summed E-state index contributed by atoms with van der Waals surface area (Å²) < 4.78 is 45.7. The molecule has 4 rings (SSSR count). The van der Waals surface area contributed by atoms with Crippen LogP contribution in [0.1, 0.15) is 34.5 Å². The fourth-order valence-electron chi connectivity index (χ4n) is 3.71. The zero-order valence-corrected chi connectivity index (χ0v) is 17.2. The summed E-state index contributed by atoms with van der Waals surface area (Å²) in [6.45, 7) is 2.13. The van der Waals surface area contributed by atoms with Gasteiger partial charge in [0.2, 0.25) is 0 Å². The molecule has 8 heteroatoms. The van der Waals surface area contributed by atoms with Gasteiger partial charge in [-0.2, -0.15) is 13.2 Å². The van der Waals surface area contributed by atoms with Gasteiger partial charge >= 0.3 is 6.18 Å². The highest BCUT2D eigenvalue weighted by Gasteiger charge is 2.31. The van der Waals surface area contributed by atoms with E-state index >= 15 is 0 Å². The summed E-state index contributed by atoms with van der Waals surface area (Å²) in [5.74, 6) is 0.272. The van der Waals surface area contributed by atoms with E-state index in [2.05, 4.69) is 9.88 Å². The lowest BCUT2D eigenvalue weighted by molar-refractivity contribution is -0.137. The quantitative estimate of drug-likeness (QED) is 0.567. The average Bonchev–Trinajstić information content (AvgIpc) is 3.28. The molecule has 2 heterocycles. The first-order valence-corrected chi connectivity index (χ1v) is 10.3. The second-order valence-electron chi connectivity index (χ2n) is 7.70. The topological polar surface area (TPSA) is 68.5 Å². The number of nitrogens with zero attached hydrogens (tertiary/aromatic N) is 2. The monoisotopic (exact) mass is 441 g/mol. The van der Waals surface area contributed by atoms with Gasteiger partial charge in [-0.3, -0.25) is 9.69 Å². The van der Waals surface area contributed by atoms with Gasteiger partial charge in [-0.25, -0.2) is 4.98 Å². The second-order valence-corrected chi connectivity index (χ2v) is 7.70. The summed E-state index contributed by atoms with van der Waals surface area (Å²) in [4.78, 5) is 17.7. The smallest absolute Gasteiger partial charge is 0.416 e. The van der Waals surface area contributed by atoms with E-state index in [4.69, 9.17) is 10.5 Å². The Morgan fingerprint density at radius 2 is 1.75 bits per heavy atom. The molecule has 1 fully saturated rings. The number of likely N-dealkylation sites (tertiary alicyclic amines) is 1. The number of pyridine rings is 1. The molecule has 1 saturated heterocycles. The number of alkyl halides is 3. The van der Waals surface area contributed by atoms with Crippen molar-refractivity contribution in [2.75, 3.05) is 13.1 Å². The third kappa shape index (κ3) is 5.08. The van der Waals surface area contributed by atoms with Gasteiger partial charge in [-0.1, -0.05) is 6.07 Å². The van der Waals surface area contributed by atoms with Crippen LogP contribution in [0, 0.1) is 0 Å². The minimum absolute atomic E-state index is 0.166. The van der Waals surface area contributed by atoms with Crippen molar-refractivity contribution < 1.29 is 22.7 Å². The summed E-state index contributed by atoms with van der Waals surface area (Å²) in [6, 6.07) is 15.5. The standard InChI is InChI=1S/C24H22F3N3O2/c25-24(26,27)18-8-11-22(17(14-18)15-30-12-1-2-13-30)32-19-9-6-16(7-10-19)20-4-3-5-21(29-20)23(28)31/h3-11,14H,1-2,12-13,15H2,(H2,28,31). The largest absolute Gasteiger partial charge is 0.457 e. The van der Waals surface area contributed by atoms with Gasteiger partial charge in [0.05, 0.1) is 11.3 Å². The molecule has 0 aliphatic carbocycles. The highest BCUT2D eigenvalue weighted by atomic mass is 19.4. The first kappa shape index (κ1) is 21.8. The average molecular weight is 441 g/mol. The number of aromatic nitrogens is 1. The molecule has 1 aromatic heterocycles. The lowest BCUT2D eigenvalue weighted by atomic mass is 10.1. The van der Waals surface area contributed by atoms with Gasteiger partial charge in [0, 0.05) is 17.7 Å². The normalized spacial score (nSPS) is 14.5.